The van der Waals surface area contributed by atoms with Crippen LogP contribution in [0, 0.1) is 16.0 Å². The van der Waals surface area contributed by atoms with Crippen LogP contribution in [-0.4, -0.2) is 52.3 Å². The first-order valence-corrected chi connectivity index (χ1v) is 10.9. The standard InChI is InChI=1S/C22H29F2NO8/c1-20(2)21(28)8-7-14(13-26)11-17(21)16-6-5-15(12-18(16)33-20)22(23,24)19(27)31-9-3-4-10-32-25(29)30/h5-6,12,14,17,26,28H,3-4,7-11,13H2,1-2H3/t14-,17-,21-/m1/s1. The Hall–Kier alpha value is -2.53. The number of benzene rings is 1. The average Bonchev–Trinajstić information content (AvgIpc) is 2.75. The van der Waals surface area contributed by atoms with Crippen LogP contribution in [0.1, 0.15) is 63.0 Å². The number of nitrogens with zero attached hydrogens (tertiary/aromatic N) is 1. The summed E-state index contributed by atoms with van der Waals surface area (Å²) in [4.78, 5) is 26.2. The van der Waals surface area contributed by atoms with E-state index in [4.69, 9.17) is 4.74 Å². The van der Waals surface area contributed by atoms with Crippen molar-refractivity contribution in [3.63, 3.8) is 0 Å². The summed E-state index contributed by atoms with van der Waals surface area (Å²) in [5.41, 5.74) is -2.31. The first-order chi connectivity index (χ1) is 15.4. The van der Waals surface area contributed by atoms with Crippen LogP contribution >= 0.6 is 0 Å². The predicted octanol–water partition coefficient (Wildman–Crippen LogP) is 3.09. The molecule has 184 valence electrons. The first kappa shape index (κ1) is 25.1. The molecule has 0 saturated heterocycles. The molecule has 1 fully saturated rings. The van der Waals surface area contributed by atoms with E-state index in [0.717, 1.165) is 12.1 Å². The number of ether oxygens (including phenoxy) is 2. The molecule has 0 radical (unpaired) electrons. The SMILES string of the molecule is CC1(C)Oc2cc(C(F)(F)C(=O)OCCCCO[N+](=O)[O-])ccc2[C@H]2C[C@H](CO)CC[C@@]21O. The molecule has 9 nitrogen and oxygen atoms in total. The molecule has 2 N–H and O–H groups in total. The average molecular weight is 473 g/mol. The Bertz CT molecular complexity index is 893. The fourth-order valence-electron chi connectivity index (χ4n) is 4.70. The van der Waals surface area contributed by atoms with Gasteiger partial charge in [-0.05, 0) is 57.9 Å². The zero-order chi connectivity index (χ0) is 24.4. The maximum absolute atomic E-state index is 14.8. The topological polar surface area (TPSA) is 128 Å². The molecule has 0 aromatic heterocycles. The predicted molar refractivity (Wildman–Crippen MR) is 110 cm³/mol. The minimum Gasteiger partial charge on any atom is -0.485 e. The second-order valence-corrected chi connectivity index (χ2v) is 9.14. The van der Waals surface area contributed by atoms with Gasteiger partial charge in [-0.25, -0.2) is 4.79 Å². The monoisotopic (exact) mass is 473 g/mol. The molecule has 1 heterocycles. The van der Waals surface area contributed by atoms with Crippen LogP contribution in [0.3, 0.4) is 0 Å². The summed E-state index contributed by atoms with van der Waals surface area (Å²) in [6, 6.07) is 3.66. The molecular weight excluding hydrogens is 444 g/mol. The molecule has 0 unspecified atom stereocenters. The molecule has 33 heavy (non-hydrogen) atoms. The number of aliphatic hydroxyl groups excluding tert-OH is 1. The highest BCUT2D eigenvalue weighted by Gasteiger charge is 2.57. The highest BCUT2D eigenvalue weighted by atomic mass is 19.3. The number of carbonyl (C=O) groups is 1. The minimum atomic E-state index is -3.94. The Labute approximate surface area is 189 Å². The van der Waals surface area contributed by atoms with Gasteiger partial charge in [0.15, 0.2) is 0 Å². The zero-order valence-electron chi connectivity index (χ0n) is 18.6. The van der Waals surface area contributed by atoms with E-state index in [-0.39, 0.29) is 44.3 Å². The normalized spacial score (nSPS) is 25.9. The smallest absolute Gasteiger partial charge is 0.381 e. The number of aliphatic hydroxyl groups is 2. The molecule has 1 saturated carbocycles. The van der Waals surface area contributed by atoms with Gasteiger partial charge >= 0.3 is 11.9 Å². The summed E-state index contributed by atoms with van der Waals surface area (Å²) >= 11 is 0. The molecular formula is C22H29F2NO8. The number of halogens is 2. The van der Waals surface area contributed by atoms with Crippen molar-refractivity contribution in [2.24, 2.45) is 5.92 Å². The molecule has 0 spiro atoms. The summed E-state index contributed by atoms with van der Waals surface area (Å²) < 4.78 is 40.2. The van der Waals surface area contributed by atoms with E-state index < -0.39 is 39.7 Å². The van der Waals surface area contributed by atoms with Gasteiger partial charge in [-0.15, -0.1) is 10.1 Å². The minimum absolute atomic E-state index is 0.0103. The Balaban J connectivity index is 1.74. The number of unbranched alkanes of at least 4 members (excludes halogenated alkanes) is 1. The summed E-state index contributed by atoms with van der Waals surface area (Å²) in [5, 5.41) is 30.1. The number of alkyl halides is 2. The number of rotatable bonds is 9. The van der Waals surface area contributed by atoms with E-state index >= 15 is 0 Å². The van der Waals surface area contributed by atoms with Crippen LogP contribution in [-0.2, 0) is 20.3 Å². The van der Waals surface area contributed by atoms with Crippen LogP contribution < -0.4 is 4.74 Å². The summed E-state index contributed by atoms with van der Waals surface area (Å²) in [7, 11) is 0. The second kappa shape index (κ2) is 9.38. The van der Waals surface area contributed by atoms with Crippen molar-refractivity contribution in [3.05, 3.63) is 39.4 Å². The fraction of sp³-hybridized carbons (Fsp3) is 0.682. The number of hydrogen-bond donors (Lipinski definition) is 2. The zero-order valence-corrected chi connectivity index (χ0v) is 18.6. The highest BCUT2D eigenvalue weighted by molar-refractivity contribution is 5.79. The fourth-order valence-corrected chi connectivity index (χ4v) is 4.70. The van der Waals surface area contributed by atoms with Crippen LogP contribution in [0.4, 0.5) is 8.78 Å². The van der Waals surface area contributed by atoms with E-state index in [1.165, 1.54) is 6.07 Å². The third-order valence-electron chi connectivity index (χ3n) is 6.72. The summed E-state index contributed by atoms with van der Waals surface area (Å²) in [6.07, 6.45) is 1.83. The third-order valence-corrected chi connectivity index (χ3v) is 6.72. The molecule has 11 heteroatoms. The summed E-state index contributed by atoms with van der Waals surface area (Å²) in [6.45, 7) is 2.82. The van der Waals surface area contributed by atoms with Gasteiger partial charge in [0, 0.05) is 23.7 Å². The Morgan fingerprint density at radius 2 is 2.03 bits per heavy atom. The van der Waals surface area contributed by atoms with E-state index in [9.17, 15) is 33.9 Å². The van der Waals surface area contributed by atoms with E-state index in [2.05, 4.69) is 9.57 Å². The van der Waals surface area contributed by atoms with E-state index in [1.807, 2.05) is 0 Å². The Morgan fingerprint density at radius 1 is 1.33 bits per heavy atom. The lowest BCUT2D eigenvalue weighted by Crippen LogP contribution is -2.62. The number of fused-ring (bicyclic) bond motifs is 3. The molecule has 0 bridgehead atoms. The van der Waals surface area contributed by atoms with Gasteiger partial charge < -0.3 is 24.5 Å². The second-order valence-electron chi connectivity index (χ2n) is 9.14. The number of carbonyl (C=O) groups excluding carboxylic acids is 1. The maximum atomic E-state index is 14.8. The molecule has 1 aliphatic heterocycles. The number of hydrogen-bond acceptors (Lipinski definition) is 8. The highest BCUT2D eigenvalue weighted by Crippen LogP contribution is 2.55. The van der Waals surface area contributed by atoms with Crippen LogP contribution in [0.25, 0.3) is 0 Å². The van der Waals surface area contributed by atoms with E-state index in [0.29, 0.717) is 24.8 Å². The largest absolute Gasteiger partial charge is 0.485 e. The molecule has 1 aromatic rings. The van der Waals surface area contributed by atoms with Crippen molar-refractivity contribution < 1.29 is 43.2 Å². The van der Waals surface area contributed by atoms with Crippen molar-refractivity contribution in [1.82, 2.24) is 0 Å². The first-order valence-electron chi connectivity index (χ1n) is 10.9. The lowest BCUT2D eigenvalue weighted by atomic mass is 9.61. The van der Waals surface area contributed by atoms with Crippen molar-refractivity contribution in [1.29, 1.82) is 0 Å². The van der Waals surface area contributed by atoms with Gasteiger partial charge in [0.05, 0.1) is 13.2 Å². The molecule has 3 atom stereocenters. The van der Waals surface area contributed by atoms with Gasteiger partial charge in [-0.1, -0.05) is 12.1 Å². The van der Waals surface area contributed by atoms with Crippen LogP contribution in [0.15, 0.2) is 18.2 Å². The molecule has 1 aromatic carbocycles. The van der Waals surface area contributed by atoms with Gasteiger partial charge in [0.25, 0.3) is 5.09 Å². The quantitative estimate of drug-likeness (QED) is 0.242. The maximum Gasteiger partial charge on any atom is 0.381 e. The van der Waals surface area contributed by atoms with Gasteiger partial charge in [0.1, 0.15) is 17.0 Å². The molecule has 2 aliphatic rings. The van der Waals surface area contributed by atoms with Gasteiger partial charge in [-0.3, -0.25) is 0 Å². The van der Waals surface area contributed by atoms with Crippen molar-refractivity contribution in [2.75, 3.05) is 19.8 Å². The molecule has 3 rings (SSSR count). The van der Waals surface area contributed by atoms with Crippen molar-refractivity contribution >= 4 is 5.97 Å². The number of esters is 1. The Morgan fingerprint density at radius 3 is 2.70 bits per heavy atom. The lowest BCUT2D eigenvalue weighted by Gasteiger charge is -2.55. The van der Waals surface area contributed by atoms with Gasteiger partial charge in [-0.2, -0.15) is 8.78 Å². The van der Waals surface area contributed by atoms with Crippen LogP contribution in [0.5, 0.6) is 5.75 Å². The molecule has 1 aliphatic carbocycles. The molecule has 0 amide bonds. The lowest BCUT2D eigenvalue weighted by molar-refractivity contribution is -0.757. The van der Waals surface area contributed by atoms with Gasteiger partial charge in [0.2, 0.25) is 0 Å². The van der Waals surface area contributed by atoms with Crippen molar-refractivity contribution in [2.45, 2.75) is 69.0 Å². The van der Waals surface area contributed by atoms with Crippen LogP contribution in [0.2, 0.25) is 0 Å². The third kappa shape index (κ3) is 4.89. The Kier molecular flexibility index (Phi) is 7.13. The summed E-state index contributed by atoms with van der Waals surface area (Å²) in [5.74, 6) is -5.92. The van der Waals surface area contributed by atoms with Crippen molar-refractivity contribution in [3.8, 4) is 5.75 Å². The van der Waals surface area contributed by atoms with E-state index in [1.54, 1.807) is 13.8 Å².